The molecule has 0 aromatic heterocycles. The second kappa shape index (κ2) is 34.9. The molecule has 0 aliphatic heterocycles. The molecule has 1 unspecified atom stereocenters. The van der Waals surface area contributed by atoms with Crippen molar-refractivity contribution in [2.24, 2.45) is 0 Å². The van der Waals surface area contributed by atoms with Gasteiger partial charge in [-0.15, -0.1) is 0 Å². The van der Waals surface area contributed by atoms with Crippen molar-refractivity contribution in [3.63, 3.8) is 0 Å². The molecule has 0 fully saturated rings. The van der Waals surface area contributed by atoms with Crippen LogP contribution in [0.3, 0.4) is 0 Å². The van der Waals surface area contributed by atoms with Gasteiger partial charge in [0.15, 0.2) is 0 Å². The highest BCUT2D eigenvalue weighted by atomic mass is 16.6. The van der Waals surface area contributed by atoms with E-state index in [2.05, 4.69) is 25.6 Å². The molecule has 3 N–H and O–H groups in total. The molecule has 0 spiro atoms. The Labute approximate surface area is 270 Å². The van der Waals surface area contributed by atoms with E-state index in [9.17, 15) is 9.90 Å². The summed E-state index contributed by atoms with van der Waals surface area (Å²) < 4.78 is 37.8. The van der Waals surface area contributed by atoms with Crippen molar-refractivity contribution >= 4 is 5.97 Å². The van der Waals surface area contributed by atoms with Crippen LogP contribution in [0.25, 0.3) is 0 Å². The van der Waals surface area contributed by atoms with Crippen LogP contribution in [0, 0.1) is 0 Å². The van der Waals surface area contributed by atoms with Gasteiger partial charge in [0.25, 0.3) is 0 Å². The number of unbranched alkanes of at least 4 members (excludes halogenated alkanes) is 6. The van der Waals surface area contributed by atoms with Crippen LogP contribution in [-0.4, -0.2) is 120 Å². The molecule has 262 valence electrons. The van der Waals surface area contributed by atoms with Gasteiger partial charge < -0.3 is 48.5 Å². The highest BCUT2D eigenvalue weighted by Crippen LogP contribution is 2.16. The van der Waals surface area contributed by atoms with Crippen molar-refractivity contribution < 1.29 is 53.3 Å². The van der Waals surface area contributed by atoms with E-state index in [4.69, 9.17) is 43.4 Å². The second-order valence-electron chi connectivity index (χ2n) is 10.1. The summed E-state index contributed by atoms with van der Waals surface area (Å²) in [6, 6.07) is 8.25. The number of hydrogen-bond acceptors (Lipinski definition) is 10. The predicted molar refractivity (Wildman–Crippen MR) is 174 cm³/mol. The number of benzene rings is 1. The van der Waals surface area contributed by atoms with E-state index >= 15 is 0 Å². The maximum atomic E-state index is 10.4. The van der Waals surface area contributed by atoms with Crippen molar-refractivity contribution in [3.05, 3.63) is 48.0 Å². The Hall–Kier alpha value is -1.93. The van der Waals surface area contributed by atoms with Crippen molar-refractivity contribution in [3.8, 4) is 0 Å². The van der Waals surface area contributed by atoms with E-state index in [0.717, 1.165) is 18.1 Å². The highest BCUT2D eigenvalue weighted by Gasteiger charge is 2.07. The molecule has 1 rings (SSSR count). The van der Waals surface area contributed by atoms with E-state index in [1.54, 1.807) is 0 Å². The molecule has 0 radical (unpaired) electrons. The van der Waals surface area contributed by atoms with Crippen molar-refractivity contribution in [1.29, 1.82) is 0 Å². The minimum Gasteiger partial charge on any atom is -0.478 e. The third-order valence-corrected chi connectivity index (χ3v) is 6.35. The molecule has 1 atom stereocenters. The third-order valence-electron chi connectivity index (χ3n) is 6.35. The lowest BCUT2D eigenvalue weighted by molar-refractivity contribution is -0.131. The maximum absolute atomic E-state index is 10.4. The minimum absolute atomic E-state index is 0.0276. The van der Waals surface area contributed by atoms with Gasteiger partial charge in [-0.3, -0.25) is 0 Å². The number of carbonyl (C=O) groups is 1. The first kappa shape index (κ1) is 43.1. The Morgan fingerprint density at radius 2 is 1.04 bits per heavy atom. The van der Waals surface area contributed by atoms with Gasteiger partial charge in [0, 0.05) is 6.08 Å². The van der Waals surface area contributed by atoms with Crippen LogP contribution in [0.1, 0.15) is 69.1 Å². The summed E-state index contributed by atoms with van der Waals surface area (Å²) in [5.74, 6) is -0.981. The Morgan fingerprint density at radius 1 is 0.667 bits per heavy atom. The average Bonchev–Trinajstić information content (AvgIpc) is 3.05. The summed E-state index contributed by atoms with van der Waals surface area (Å²) in [6.07, 6.45) is 10.5. The Kier molecular flexibility index (Phi) is 33.4. The molecule has 0 saturated carbocycles. The van der Waals surface area contributed by atoms with E-state index in [0.29, 0.717) is 85.9 Å². The Morgan fingerprint density at radius 3 is 1.44 bits per heavy atom. The first-order valence-corrected chi connectivity index (χ1v) is 16.3. The first-order chi connectivity index (χ1) is 22.0. The van der Waals surface area contributed by atoms with Gasteiger partial charge in [-0.1, -0.05) is 76.3 Å². The monoisotopic (exact) mass is 644 g/mol. The molecule has 0 amide bonds. The summed E-state index contributed by atoms with van der Waals surface area (Å²) in [5.41, 5.74) is 2.22. The van der Waals surface area contributed by atoms with E-state index < -0.39 is 12.1 Å². The van der Waals surface area contributed by atoms with Gasteiger partial charge in [-0.05, 0) is 24.0 Å². The Bertz CT molecular complexity index is 761. The summed E-state index contributed by atoms with van der Waals surface area (Å²) in [6.45, 7) is 11.7. The molecule has 1 aromatic rings. The molecule has 0 heterocycles. The second-order valence-corrected chi connectivity index (χ2v) is 10.1. The SMILES string of the molecule is C=CC(=O)O.CCCCCCCCCc1ccc(C(O)COCCOCCOCCOCCOCCOCCOCCO)cc1. The number of carboxylic acid groups (broad SMARTS) is 1. The fraction of sp³-hybridized carbons (Fsp3) is 0.735. The Balaban J connectivity index is 0.00000356. The van der Waals surface area contributed by atoms with Crippen LogP contribution in [0.5, 0.6) is 0 Å². The number of aliphatic hydroxyl groups is 2. The molecule has 0 aliphatic carbocycles. The lowest BCUT2D eigenvalue weighted by Gasteiger charge is -2.13. The topological polar surface area (TPSA) is 142 Å². The van der Waals surface area contributed by atoms with Crippen LogP contribution in [0.4, 0.5) is 0 Å². The molecular weight excluding hydrogens is 584 g/mol. The number of rotatable bonds is 32. The zero-order valence-electron chi connectivity index (χ0n) is 27.5. The molecular formula is C34H60O11. The van der Waals surface area contributed by atoms with Crippen molar-refractivity contribution in [2.75, 3.05) is 99.1 Å². The van der Waals surface area contributed by atoms with Crippen LogP contribution < -0.4 is 0 Å². The molecule has 11 heteroatoms. The zero-order valence-corrected chi connectivity index (χ0v) is 27.5. The van der Waals surface area contributed by atoms with E-state index in [1.165, 1.54) is 50.5 Å². The van der Waals surface area contributed by atoms with Gasteiger partial charge in [-0.25, -0.2) is 4.79 Å². The molecule has 45 heavy (non-hydrogen) atoms. The fourth-order valence-electron chi connectivity index (χ4n) is 3.87. The summed E-state index contributed by atoms with van der Waals surface area (Å²) >= 11 is 0. The van der Waals surface area contributed by atoms with Crippen LogP contribution in [-0.2, 0) is 44.4 Å². The smallest absolute Gasteiger partial charge is 0.327 e. The van der Waals surface area contributed by atoms with Gasteiger partial charge >= 0.3 is 5.97 Å². The number of ether oxygens (including phenoxy) is 7. The van der Waals surface area contributed by atoms with Gasteiger partial charge in [0.05, 0.1) is 99.1 Å². The normalized spacial score (nSPS) is 11.6. The molecule has 0 bridgehead atoms. The largest absolute Gasteiger partial charge is 0.478 e. The quantitative estimate of drug-likeness (QED) is 0.0760. The summed E-state index contributed by atoms with van der Waals surface area (Å²) in [5, 5.41) is 26.5. The first-order valence-electron chi connectivity index (χ1n) is 16.3. The van der Waals surface area contributed by atoms with Crippen molar-refractivity contribution in [1.82, 2.24) is 0 Å². The third kappa shape index (κ3) is 31.8. The molecule has 0 saturated heterocycles. The van der Waals surface area contributed by atoms with Gasteiger partial charge in [-0.2, -0.15) is 0 Å². The molecule has 11 nitrogen and oxygen atoms in total. The number of aliphatic carboxylic acids is 1. The van der Waals surface area contributed by atoms with Gasteiger partial charge in [0.2, 0.25) is 0 Å². The van der Waals surface area contributed by atoms with Crippen molar-refractivity contribution in [2.45, 2.75) is 64.4 Å². The van der Waals surface area contributed by atoms with Crippen LogP contribution in [0.15, 0.2) is 36.9 Å². The lowest BCUT2D eigenvalue weighted by atomic mass is 10.0. The average molecular weight is 645 g/mol. The zero-order chi connectivity index (χ0) is 33.1. The van der Waals surface area contributed by atoms with E-state index in [1.807, 2.05) is 12.1 Å². The van der Waals surface area contributed by atoms with Gasteiger partial charge in [0.1, 0.15) is 6.10 Å². The lowest BCUT2D eigenvalue weighted by Crippen LogP contribution is -2.15. The number of carboxylic acids is 1. The number of hydrogen-bond donors (Lipinski definition) is 3. The predicted octanol–water partition coefficient (Wildman–Crippen LogP) is 4.38. The van der Waals surface area contributed by atoms with Crippen LogP contribution >= 0.6 is 0 Å². The van der Waals surface area contributed by atoms with E-state index in [-0.39, 0.29) is 13.2 Å². The minimum atomic E-state index is -0.981. The maximum Gasteiger partial charge on any atom is 0.327 e. The molecule has 1 aromatic carbocycles. The highest BCUT2D eigenvalue weighted by molar-refractivity contribution is 5.78. The fourth-order valence-corrected chi connectivity index (χ4v) is 3.87. The number of aryl methyl sites for hydroxylation is 1. The number of aliphatic hydroxyl groups excluding tert-OH is 2. The molecule has 0 aliphatic rings. The van der Waals surface area contributed by atoms with Crippen LogP contribution in [0.2, 0.25) is 0 Å². The standard InChI is InChI=1S/C31H56O9.C3H4O2/c1-2-3-4-5-6-7-8-9-29-10-12-30(13-11-29)31(33)28-40-27-26-39-25-24-38-23-22-37-21-20-36-19-18-35-17-16-34-15-14-32;1-2-3(4)5/h10-13,31-33H,2-9,14-28H2,1H3;2H,1H2,(H,4,5). The summed E-state index contributed by atoms with van der Waals surface area (Å²) in [4.78, 5) is 9.25. The summed E-state index contributed by atoms with van der Waals surface area (Å²) in [7, 11) is 0.